The molecule has 0 atom stereocenters. The number of benzene rings is 1. The highest BCUT2D eigenvalue weighted by molar-refractivity contribution is 6.34. The number of fused-ring (bicyclic) bond motifs is 1. The van der Waals surface area contributed by atoms with E-state index in [1.807, 2.05) is 0 Å². The predicted molar refractivity (Wildman–Crippen MR) is 93.8 cm³/mol. The summed E-state index contributed by atoms with van der Waals surface area (Å²) in [5, 5.41) is 8.64. The number of halogens is 1. The van der Waals surface area contributed by atoms with Crippen molar-refractivity contribution in [1.82, 2.24) is 4.98 Å². The number of hydrogen-bond donors (Lipinski definition) is 2. The van der Waals surface area contributed by atoms with E-state index in [4.69, 9.17) is 26.2 Å². The molecule has 0 unspecified atom stereocenters. The van der Waals surface area contributed by atoms with Crippen molar-refractivity contribution in [3.63, 3.8) is 0 Å². The molecule has 0 amide bonds. The number of pyridine rings is 1. The maximum Gasteiger partial charge on any atom is 0.344 e. The third-order valence-corrected chi connectivity index (χ3v) is 4.02. The summed E-state index contributed by atoms with van der Waals surface area (Å²) in [7, 11) is 0. The van der Waals surface area contributed by atoms with Gasteiger partial charge < -0.3 is 14.1 Å². The molecule has 2 aromatic heterocycles. The lowest BCUT2D eigenvalue weighted by Crippen LogP contribution is -2.21. The highest BCUT2D eigenvalue weighted by Crippen LogP contribution is 2.33. The molecule has 6 nitrogen and oxygen atoms in total. The Morgan fingerprint density at radius 2 is 2.08 bits per heavy atom. The summed E-state index contributed by atoms with van der Waals surface area (Å²) in [4.78, 5) is 27.7. The zero-order valence-electron chi connectivity index (χ0n) is 13.6. The summed E-state index contributed by atoms with van der Waals surface area (Å²) >= 11 is 6.29. The van der Waals surface area contributed by atoms with Crippen molar-refractivity contribution in [2.75, 3.05) is 6.61 Å². The molecule has 2 heterocycles. The molecule has 128 valence electrons. The van der Waals surface area contributed by atoms with E-state index >= 15 is 0 Å². The molecule has 3 aromatic rings. The summed E-state index contributed by atoms with van der Waals surface area (Å²) in [6, 6.07) is 8.40. The Kier molecular flexibility index (Phi) is 4.46. The van der Waals surface area contributed by atoms with Crippen LogP contribution in [0, 0.1) is 12.3 Å². The van der Waals surface area contributed by atoms with Crippen LogP contribution in [0.25, 0.3) is 22.1 Å². The van der Waals surface area contributed by atoms with Crippen molar-refractivity contribution in [1.29, 1.82) is 5.41 Å². The van der Waals surface area contributed by atoms with Gasteiger partial charge in [0.25, 0.3) is 5.56 Å². The van der Waals surface area contributed by atoms with Gasteiger partial charge in [0, 0.05) is 27.9 Å². The van der Waals surface area contributed by atoms with Crippen LogP contribution in [0.4, 0.5) is 0 Å². The molecule has 0 aliphatic heterocycles. The van der Waals surface area contributed by atoms with Crippen molar-refractivity contribution < 1.29 is 13.9 Å². The molecule has 2 N–H and O–H groups in total. The van der Waals surface area contributed by atoms with Gasteiger partial charge in [-0.05, 0) is 19.9 Å². The molecule has 0 aliphatic carbocycles. The Bertz CT molecular complexity index is 1100. The molecule has 25 heavy (non-hydrogen) atoms. The van der Waals surface area contributed by atoms with E-state index in [1.165, 1.54) is 0 Å². The largest absolute Gasteiger partial charge is 0.462 e. The first-order chi connectivity index (χ1) is 11.9. The van der Waals surface area contributed by atoms with Gasteiger partial charge in [0.2, 0.25) is 5.55 Å². The standard InChI is InChI=1S/C18H15ClN2O4/c1-3-24-18(23)15-13(10-6-4-5-7-11(10)19)14-12(25-16(15)20)8-9(2)21-17(14)22/h4-8,20H,3H2,1-2H3,(H,21,22). The van der Waals surface area contributed by atoms with E-state index in [-0.39, 0.29) is 34.3 Å². The molecular weight excluding hydrogens is 344 g/mol. The quantitative estimate of drug-likeness (QED) is 0.701. The van der Waals surface area contributed by atoms with Crippen molar-refractivity contribution in [2.45, 2.75) is 13.8 Å². The zero-order valence-corrected chi connectivity index (χ0v) is 14.4. The van der Waals surface area contributed by atoms with Crippen molar-refractivity contribution in [3.05, 3.63) is 62.5 Å². The molecular formula is C18H15ClN2O4. The number of aromatic nitrogens is 1. The Balaban J connectivity index is 2.55. The molecule has 7 heteroatoms. The van der Waals surface area contributed by atoms with E-state index < -0.39 is 11.5 Å². The summed E-state index contributed by atoms with van der Waals surface area (Å²) in [5.74, 6) is -0.743. The minimum Gasteiger partial charge on any atom is -0.462 e. The van der Waals surface area contributed by atoms with Crippen LogP contribution in [0.5, 0.6) is 0 Å². The average molecular weight is 359 g/mol. The second kappa shape index (κ2) is 6.57. The van der Waals surface area contributed by atoms with Gasteiger partial charge >= 0.3 is 5.97 Å². The fourth-order valence-corrected chi connectivity index (χ4v) is 2.94. The summed E-state index contributed by atoms with van der Waals surface area (Å²) in [6.45, 7) is 3.49. The molecule has 0 radical (unpaired) electrons. The Morgan fingerprint density at radius 3 is 2.76 bits per heavy atom. The SMILES string of the molecule is CCOC(=O)c1c(-c2ccccc2Cl)c2c(=O)[nH]c(C)cc2oc1=N. The number of aryl methyl sites for hydroxylation is 1. The fraction of sp³-hybridized carbons (Fsp3) is 0.167. The van der Waals surface area contributed by atoms with Gasteiger partial charge in [0.15, 0.2) is 0 Å². The van der Waals surface area contributed by atoms with Crippen LogP contribution in [0.15, 0.2) is 39.5 Å². The number of nitrogens with one attached hydrogen (secondary N) is 2. The number of aromatic amines is 1. The minimum atomic E-state index is -0.743. The van der Waals surface area contributed by atoms with Gasteiger partial charge in [0.1, 0.15) is 11.1 Å². The lowest BCUT2D eigenvalue weighted by molar-refractivity contribution is 0.0522. The van der Waals surface area contributed by atoms with E-state index in [1.54, 1.807) is 44.2 Å². The normalized spacial score (nSPS) is 10.8. The number of carbonyl (C=O) groups is 1. The van der Waals surface area contributed by atoms with Crippen LogP contribution in [0.1, 0.15) is 23.0 Å². The second-order valence-electron chi connectivity index (χ2n) is 5.40. The molecule has 0 bridgehead atoms. The van der Waals surface area contributed by atoms with Gasteiger partial charge in [-0.25, -0.2) is 4.79 Å². The van der Waals surface area contributed by atoms with Crippen LogP contribution in [0.2, 0.25) is 5.02 Å². The first-order valence-electron chi connectivity index (χ1n) is 7.61. The lowest BCUT2D eigenvalue weighted by Gasteiger charge is -2.13. The van der Waals surface area contributed by atoms with Crippen LogP contribution < -0.4 is 11.1 Å². The fourth-order valence-electron chi connectivity index (χ4n) is 2.71. The first kappa shape index (κ1) is 17.0. The van der Waals surface area contributed by atoms with E-state index in [0.717, 1.165) is 0 Å². The van der Waals surface area contributed by atoms with E-state index in [9.17, 15) is 9.59 Å². The van der Waals surface area contributed by atoms with E-state index in [2.05, 4.69) is 4.98 Å². The monoisotopic (exact) mass is 358 g/mol. The number of hydrogen-bond acceptors (Lipinski definition) is 5. The minimum absolute atomic E-state index is 0.128. The van der Waals surface area contributed by atoms with Crippen LogP contribution in [-0.4, -0.2) is 17.6 Å². The molecule has 0 saturated carbocycles. The van der Waals surface area contributed by atoms with Gasteiger partial charge in [-0.3, -0.25) is 10.2 Å². The Labute approximate surface area is 147 Å². The maximum absolute atomic E-state index is 12.6. The van der Waals surface area contributed by atoms with Gasteiger partial charge in [-0.2, -0.15) is 0 Å². The Morgan fingerprint density at radius 1 is 1.36 bits per heavy atom. The number of H-pyrrole nitrogens is 1. The van der Waals surface area contributed by atoms with Crippen molar-refractivity contribution in [2.24, 2.45) is 0 Å². The predicted octanol–water partition coefficient (Wildman–Crippen LogP) is 3.41. The molecule has 0 fully saturated rings. The zero-order chi connectivity index (χ0) is 18.1. The number of carbonyl (C=O) groups excluding carboxylic acids is 1. The molecule has 3 rings (SSSR count). The van der Waals surface area contributed by atoms with Crippen LogP contribution in [-0.2, 0) is 4.74 Å². The average Bonchev–Trinajstić information content (AvgIpc) is 2.53. The topological polar surface area (TPSA) is 96.2 Å². The number of esters is 1. The summed E-state index contributed by atoms with van der Waals surface area (Å²) < 4.78 is 10.5. The maximum atomic E-state index is 12.6. The second-order valence-corrected chi connectivity index (χ2v) is 5.81. The summed E-state index contributed by atoms with van der Waals surface area (Å²) in [5.41, 5.74) is 0.526. The number of ether oxygens (including phenoxy) is 1. The van der Waals surface area contributed by atoms with Gasteiger partial charge in [-0.1, -0.05) is 29.8 Å². The third kappa shape index (κ3) is 2.96. The van der Waals surface area contributed by atoms with Gasteiger partial charge in [0.05, 0.1) is 12.0 Å². The van der Waals surface area contributed by atoms with Crippen molar-refractivity contribution >= 4 is 28.5 Å². The molecule has 1 aromatic carbocycles. The molecule has 0 aliphatic rings. The number of rotatable bonds is 3. The van der Waals surface area contributed by atoms with Gasteiger partial charge in [-0.15, -0.1) is 0 Å². The highest BCUT2D eigenvalue weighted by atomic mass is 35.5. The summed E-state index contributed by atoms with van der Waals surface area (Å²) in [6.07, 6.45) is 0. The molecule has 0 saturated heterocycles. The van der Waals surface area contributed by atoms with E-state index in [0.29, 0.717) is 16.3 Å². The third-order valence-electron chi connectivity index (χ3n) is 3.69. The highest BCUT2D eigenvalue weighted by Gasteiger charge is 2.24. The molecule has 0 spiro atoms. The lowest BCUT2D eigenvalue weighted by atomic mass is 9.97. The smallest absolute Gasteiger partial charge is 0.344 e. The first-order valence-corrected chi connectivity index (χ1v) is 7.99. The van der Waals surface area contributed by atoms with Crippen molar-refractivity contribution in [3.8, 4) is 11.1 Å². The van der Waals surface area contributed by atoms with Crippen LogP contribution >= 0.6 is 11.6 Å². The van der Waals surface area contributed by atoms with Crippen LogP contribution in [0.3, 0.4) is 0 Å². The Hall–Kier alpha value is -2.86.